The van der Waals surface area contributed by atoms with E-state index < -0.39 is 0 Å². The van der Waals surface area contributed by atoms with Gasteiger partial charge >= 0.3 is 0 Å². The Labute approximate surface area is 93.7 Å². The van der Waals surface area contributed by atoms with Crippen LogP contribution in [0.4, 0.5) is 0 Å². The molecule has 0 saturated heterocycles. The van der Waals surface area contributed by atoms with Gasteiger partial charge in [-0.1, -0.05) is 30.3 Å². The Balaban J connectivity index is 2.30. The first-order chi connectivity index (χ1) is 7.34. The van der Waals surface area contributed by atoms with E-state index in [0.717, 1.165) is 18.6 Å². The zero-order valence-electron chi connectivity index (χ0n) is 8.19. The lowest BCUT2D eigenvalue weighted by molar-refractivity contribution is 0.520. The minimum atomic E-state index is 0.706. The van der Waals surface area contributed by atoms with E-state index in [1.165, 1.54) is 16.3 Å². The van der Waals surface area contributed by atoms with Crippen LogP contribution in [0.2, 0.25) is 0 Å². The Hall–Kier alpha value is -1.41. The normalized spacial score (nSPS) is 14.8. The number of benzene rings is 2. The van der Waals surface area contributed by atoms with E-state index in [-0.39, 0.29) is 0 Å². The summed E-state index contributed by atoms with van der Waals surface area (Å²) in [5.74, 6) is 0.935. The van der Waals surface area contributed by atoms with Crippen molar-refractivity contribution in [3.05, 3.63) is 42.0 Å². The highest BCUT2D eigenvalue weighted by Crippen LogP contribution is 2.32. The van der Waals surface area contributed by atoms with Gasteiger partial charge in [0.05, 0.1) is 0 Å². The maximum Gasteiger partial charge on any atom is 0.167 e. The SMILES string of the molecule is S=C1CCc2c(ccc3ccccc23)O1. The first kappa shape index (κ1) is 8.86. The van der Waals surface area contributed by atoms with E-state index in [0.29, 0.717) is 5.05 Å². The van der Waals surface area contributed by atoms with Crippen molar-refractivity contribution in [2.75, 3.05) is 0 Å². The van der Waals surface area contributed by atoms with E-state index >= 15 is 0 Å². The molecule has 0 N–H and O–H groups in total. The Morgan fingerprint density at radius 2 is 1.87 bits per heavy atom. The highest BCUT2D eigenvalue weighted by molar-refractivity contribution is 7.80. The van der Waals surface area contributed by atoms with Crippen LogP contribution in [0.3, 0.4) is 0 Å². The molecule has 1 heterocycles. The molecule has 0 fully saturated rings. The standard InChI is InChI=1S/C13H10OS/c15-13-8-6-11-10-4-2-1-3-9(10)5-7-12(11)14-13/h1-5,7H,6,8H2. The molecule has 1 aliphatic rings. The van der Waals surface area contributed by atoms with E-state index in [1.807, 2.05) is 6.07 Å². The third-order valence-electron chi connectivity index (χ3n) is 2.80. The number of ether oxygens (including phenoxy) is 1. The first-order valence-electron chi connectivity index (χ1n) is 5.06. The summed E-state index contributed by atoms with van der Waals surface area (Å²) in [5.41, 5.74) is 1.29. The maximum atomic E-state index is 5.57. The van der Waals surface area contributed by atoms with Gasteiger partial charge < -0.3 is 4.74 Å². The second-order valence-electron chi connectivity index (χ2n) is 3.74. The van der Waals surface area contributed by atoms with Crippen LogP contribution in [0.25, 0.3) is 10.8 Å². The van der Waals surface area contributed by atoms with Crippen molar-refractivity contribution >= 4 is 28.0 Å². The number of aryl methyl sites for hydroxylation is 1. The summed E-state index contributed by atoms with van der Waals surface area (Å²) in [7, 11) is 0. The Morgan fingerprint density at radius 3 is 2.80 bits per heavy atom. The molecular weight excluding hydrogens is 204 g/mol. The summed E-state index contributed by atoms with van der Waals surface area (Å²) in [6.07, 6.45) is 1.85. The summed E-state index contributed by atoms with van der Waals surface area (Å²) in [6.45, 7) is 0. The van der Waals surface area contributed by atoms with Crippen molar-refractivity contribution in [2.24, 2.45) is 0 Å². The van der Waals surface area contributed by atoms with Gasteiger partial charge in [-0.25, -0.2) is 0 Å². The third-order valence-corrected chi connectivity index (χ3v) is 3.09. The van der Waals surface area contributed by atoms with Gasteiger partial charge in [-0.2, -0.15) is 0 Å². The van der Waals surface area contributed by atoms with Crippen LogP contribution in [0.5, 0.6) is 5.75 Å². The maximum absolute atomic E-state index is 5.57. The van der Waals surface area contributed by atoms with Gasteiger partial charge in [-0.15, -0.1) is 0 Å². The first-order valence-corrected chi connectivity index (χ1v) is 5.47. The third kappa shape index (κ3) is 1.41. The zero-order chi connectivity index (χ0) is 10.3. The molecule has 0 amide bonds. The molecule has 0 radical (unpaired) electrons. The molecule has 0 saturated carbocycles. The highest BCUT2D eigenvalue weighted by Gasteiger charge is 2.16. The van der Waals surface area contributed by atoms with Gasteiger partial charge in [0.15, 0.2) is 5.05 Å². The fourth-order valence-electron chi connectivity index (χ4n) is 2.07. The molecule has 3 rings (SSSR count). The highest BCUT2D eigenvalue weighted by atomic mass is 32.1. The average molecular weight is 214 g/mol. The fraction of sp³-hybridized carbons (Fsp3) is 0.154. The quantitative estimate of drug-likeness (QED) is 0.621. The van der Waals surface area contributed by atoms with Gasteiger partial charge in [-0.05, 0) is 35.5 Å². The lowest BCUT2D eigenvalue weighted by atomic mass is 9.98. The van der Waals surface area contributed by atoms with Crippen molar-refractivity contribution < 1.29 is 4.74 Å². The van der Waals surface area contributed by atoms with Crippen LogP contribution >= 0.6 is 12.2 Å². The van der Waals surface area contributed by atoms with Gasteiger partial charge in [0.25, 0.3) is 0 Å². The average Bonchev–Trinajstić information content (AvgIpc) is 2.28. The smallest absolute Gasteiger partial charge is 0.167 e. The summed E-state index contributed by atoms with van der Waals surface area (Å²) >= 11 is 5.08. The molecule has 0 aromatic heterocycles. The van der Waals surface area contributed by atoms with Crippen molar-refractivity contribution in [2.45, 2.75) is 12.8 Å². The van der Waals surface area contributed by atoms with Crippen LogP contribution in [-0.2, 0) is 6.42 Å². The van der Waals surface area contributed by atoms with Gasteiger partial charge in [-0.3, -0.25) is 0 Å². The molecular formula is C13H10OS. The van der Waals surface area contributed by atoms with E-state index in [2.05, 4.69) is 30.3 Å². The summed E-state index contributed by atoms with van der Waals surface area (Å²) in [5, 5.41) is 3.27. The van der Waals surface area contributed by atoms with Crippen molar-refractivity contribution in [1.29, 1.82) is 0 Å². The Bertz CT molecular complexity index is 545. The largest absolute Gasteiger partial charge is 0.450 e. The molecule has 0 unspecified atom stereocenters. The molecule has 2 aromatic rings. The molecule has 0 bridgehead atoms. The van der Waals surface area contributed by atoms with Crippen molar-refractivity contribution in [1.82, 2.24) is 0 Å². The zero-order valence-corrected chi connectivity index (χ0v) is 9.01. The van der Waals surface area contributed by atoms with E-state index in [9.17, 15) is 0 Å². The monoisotopic (exact) mass is 214 g/mol. The van der Waals surface area contributed by atoms with Crippen LogP contribution in [0.15, 0.2) is 36.4 Å². The molecule has 0 atom stereocenters. The second kappa shape index (κ2) is 3.31. The van der Waals surface area contributed by atoms with Crippen molar-refractivity contribution in [3.8, 4) is 5.75 Å². The van der Waals surface area contributed by atoms with Crippen LogP contribution in [0, 0.1) is 0 Å². The predicted octanol–water partition coefficient (Wildman–Crippen LogP) is 3.49. The van der Waals surface area contributed by atoms with Crippen LogP contribution in [-0.4, -0.2) is 5.05 Å². The summed E-state index contributed by atoms with van der Waals surface area (Å²) < 4.78 is 5.57. The fourth-order valence-corrected chi connectivity index (χ4v) is 2.26. The summed E-state index contributed by atoms with van der Waals surface area (Å²) in [6, 6.07) is 12.5. The molecule has 2 heteroatoms. The van der Waals surface area contributed by atoms with Crippen LogP contribution in [0.1, 0.15) is 12.0 Å². The van der Waals surface area contributed by atoms with Crippen LogP contribution < -0.4 is 4.74 Å². The minimum Gasteiger partial charge on any atom is -0.450 e. The predicted molar refractivity (Wildman–Crippen MR) is 65.5 cm³/mol. The minimum absolute atomic E-state index is 0.706. The lowest BCUT2D eigenvalue weighted by Gasteiger charge is -2.19. The van der Waals surface area contributed by atoms with Gasteiger partial charge in [0, 0.05) is 12.0 Å². The van der Waals surface area contributed by atoms with Gasteiger partial charge in [0.2, 0.25) is 0 Å². The Kier molecular flexibility index (Phi) is 1.96. The number of hydrogen-bond donors (Lipinski definition) is 0. The number of hydrogen-bond acceptors (Lipinski definition) is 2. The molecule has 1 aliphatic heterocycles. The summed E-state index contributed by atoms with van der Waals surface area (Å²) in [4.78, 5) is 0. The van der Waals surface area contributed by atoms with Crippen molar-refractivity contribution in [3.63, 3.8) is 0 Å². The molecule has 0 spiro atoms. The second-order valence-corrected chi connectivity index (χ2v) is 4.19. The topological polar surface area (TPSA) is 9.23 Å². The lowest BCUT2D eigenvalue weighted by Crippen LogP contribution is -2.13. The Morgan fingerprint density at radius 1 is 1.00 bits per heavy atom. The number of fused-ring (bicyclic) bond motifs is 3. The molecule has 1 nitrogen and oxygen atoms in total. The molecule has 74 valence electrons. The van der Waals surface area contributed by atoms with Gasteiger partial charge in [0.1, 0.15) is 5.75 Å². The van der Waals surface area contributed by atoms with E-state index in [4.69, 9.17) is 17.0 Å². The molecule has 0 aliphatic carbocycles. The van der Waals surface area contributed by atoms with E-state index in [1.54, 1.807) is 0 Å². The number of thiocarbonyl (C=S) groups is 1. The number of rotatable bonds is 0. The molecule has 2 aromatic carbocycles. The molecule has 15 heavy (non-hydrogen) atoms.